The normalized spacial score (nSPS) is 10.4. The number of amides is 1. The van der Waals surface area contributed by atoms with Gasteiger partial charge in [0.2, 0.25) is 0 Å². The molecule has 1 rings (SSSR count). The fourth-order valence-corrected chi connectivity index (χ4v) is 2.10. The van der Waals surface area contributed by atoms with Crippen molar-refractivity contribution < 1.29 is 9.18 Å². The molecule has 2 nitrogen and oxygen atoms in total. The molecule has 0 bridgehead atoms. The topological polar surface area (TPSA) is 20.3 Å². The first-order valence-corrected chi connectivity index (χ1v) is 6.73. The lowest BCUT2D eigenvalue weighted by Gasteiger charge is -2.21. The first kappa shape index (κ1) is 14.5. The summed E-state index contributed by atoms with van der Waals surface area (Å²) in [7, 11) is 0. The van der Waals surface area contributed by atoms with Crippen LogP contribution in [0.25, 0.3) is 0 Å². The third-order valence-electron chi connectivity index (χ3n) is 2.32. The Morgan fingerprint density at radius 3 is 2.76 bits per heavy atom. The van der Waals surface area contributed by atoms with E-state index in [2.05, 4.69) is 15.9 Å². The number of halogens is 3. The van der Waals surface area contributed by atoms with Crippen molar-refractivity contribution >= 4 is 33.4 Å². The van der Waals surface area contributed by atoms with Gasteiger partial charge in [0.25, 0.3) is 5.91 Å². The molecule has 0 unspecified atom stereocenters. The molecule has 0 saturated carbocycles. The number of nitrogens with zero attached hydrogens (tertiary/aromatic N) is 1. The van der Waals surface area contributed by atoms with Gasteiger partial charge in [-0.1, -0.05) is 13.0 Å². The van der Waals surface area contributed by atoms with Crippen LogP contribution in [0.1, 0.15) is 23.7 Å². The van der Waals surface area contributed by atoms with Crippen LogP contribution in [0.5, 0.6) is 0 Å². The molecule has 0 radical (unpaired) electrons. The summed E-state index contributed by atoms with van der Waals surface area (Å²) in [4.78, 5) is 13.7. The van der Waals surface area contributed by atoms with Gasteiger partial charge in [0.05, 0.1) is 10.0 Å². The molecular formula is C12H14BrClFNO. The molecule has 17 heavy (non-hydrogen) atoms. The minimum atomic E-state index is -0.520. The van der Waals surface area contributed by atoms with Gasteiger partial charge < -0.3 is 4.90 Å². The number of rotatable bonds is 5. The summed E-state index contributed by atoms with van der Waals surface area (Å²) in [6.07, 6.45) is 0.818. The van der Waals surface area contributed by atoms with Crippen LogP contribution in [0, 0.1) is 5.82 Å². The quantitative estimate of drug-likeness (QED) is 0.757. The molecule has 0 spiro atoms. The van der Waals surface area contributed by atoms with Crippen LogP contribution in [0.15, 0.2) is 22.7 Å². The summed E-state index contributed by atoms with van der Waals surface area (Å²) >= 11 is 8.71. The number of alkyl halides is 1. The number of hydrogen-bond donors (Lipinski definition) is 0. The van der Waals surface area contributed by atoms with E-state index < -0.39 is 5.82 Å². The summed E-state index contributed by atoms with van der Waals surface area (Å²) in [6, 6.07) is 4.70. The van der Waals surface area contributed by atoms with Crippen molar-refractivity contribution in [2.45, 2.75) is 13.3 Å². The zero-order valence-electron chi connectivity index (χ0n) is 9.55. The van der Waals surface area contributed by atoms with Gasteiger partial charge in [0, 0.05) is 19.0 Å². The van der Waals surface area contributed by atoms with E-state index in [9.17, 15) is 9.18 Å². The highest BCUT2D eigenvalue weighted by Gasteiger charge is 2.19. The molecular weight excluding hydrogens is 308 g/mol. The van der Waals surface area contributed by atoms with Crippen molar-refractivity contribution in [1.29, 1.82) is 0 Å². The molecule has 0 saturated heterocycles. The van der Waals surface area contributed by atoms with E-state index in [0.717, 1.165) is 6.42 Å². The second-order valence-electron chi connectivity index (χ2n) is 3.58. The Hall–Kier alpha value is -0.610. The van der Waals surface area contributed by atoms with Crippen LogP contribution >= 0.6 is 27.5 Å². The summed E-state index contributed by atoms with van der Waals surface area (Å²) in [5, 5.41) is 0. The van der Waals surface area contributed by atoms with Crippen molar-refractivity contribution in [3.05, 3.63) is 34.1 Å². The number of carbonyl (C=O) groups excluding carboxylic acids is 1. The van der Waals surface area contributed by atoms with E-state index in [1.165, 1.54) is 6.07 Å². The molecule has 0 aromatic heterocycles. The zero-order chi connectivity index (χ0) is 12.8. The van der Waals surface area contributed by atoms with Crippen molar-refractivity contribution in [3.8, 4) is 0 Å². The van der Waals surface area contributed by atoms with E-state index in [1.807, 2.05) is 6.92 Å². The maximum Gasteiger partial charge on any atom is 0.256 e. The van der Waals surface area contributed by atoms with Gasteiger partial charge in [-0.3, -0.25) is 4.79 Å². The van der Waals surface area contributed by atoms with Crippen molar-refractivity contribution in [2.24, 2.45) is 0 Å². The van der Waals surface area contributed by atoms with E-state index in [0.29, 0.717) is 23.4 Å². The highest BCUT2D eigenvalue weighted by molar-refractivity contribution is 9.10. The lowest BCUT2D eigenvalue weighted by molar-refractivity contribution is 0.0760. The Balaban J connectivity index is 2.96. The average Bonchev–Trinajstić information content (AvgIpc) is 2.31. The minimum Gasteiger partial charge on any atom is -0.337 e. The summed E-state index contributed by atoms with van der Waals surface area (Å²) < 4.78 is 14.1. The highest BCUT2D eigenvalue weighted by atomic mass is 79.9. The molecule has 0 fully saturated rings. The Morgan fingerprint density at radius 1 is 1.47 bits per heavy atom. The molecule has 0 atom stereocenters. The van der Waals surface area contributed by atoms with Crippen molar-refractivity contribution in [1.82, 2.24) is 4.90 Å². The fourth-order valence-electron chi connectivity index (χ4n) is 1.53. The van der Waals surface area contributed by atoms with Crippen LogP contribution in [-0.2, 0) is 0 Å². The molecule has 0 aliphatic rings. The fraction of sp³-hybridized carbons (Fsp3) is 0.417. The number of hydrogen-bond acceptors (Lipinski definition) is 1. The maximum atomic E-state index is 13.8. The Morgan fingerprint density at radius 2 is 2.18 bits per heavy atom. The average molecular weight is 323 g/mol. The van der Waals surface area contributed by atoms with Crippen LogP contribution in [0.2, 0.25) is 0 Å². The molecule has 94 valence electrons. The third kappa shape index (κ3) is 3.68. The van der Waals surface area contributed by atoms with Gasteiger partial charge in [-0.15, -0.1) is 11.6 Å². The predicted molar refractivity (Wildman–Crippen MR) is 71.0 cm³/mol. The molecule has 1 aromatic carbocycles. The summed E-state index contributed by atoms with van der Waals surface area (Å²) in [5.74, 6) is -0.485. The monoisotopic (exact) mass is 321 g/mol. The molecule has 0 heterocycles. The lowest BCUT2D eigenvalue weighted by atomic mass is 10.2. The third-order valence-corrected chi connectivity index (χ3v) is 3.10. The van der Waals surface area contributed by atoms with Crippen molar-refractivity contribution in [3.63, 3.8) is 0 Å². The van der Waals surface area contributed by atoms with Crippen LogP contribution < -0.4 is 0 Å². The molecule has 5 heteroatoms. The minimum absolute atomic E-state index is 0.0814. The number of benzene rings is 1. The zero-order valence-corrected chi connectivity index (χ0v) is 11.9. The summed E-state index contributed by atoms with van der Waals surface area (Å²) in [6.45, 7) is 2.98. The van der Waals surface area contributed by atoms with Gasteiger partial charge >= 0.3 is 0 Å². The Kier molecular flexibility index (Phi) is 5.92. The van der Waals surface area contributed by atoms with Crippen LogP contribution in [0.4, 0.5) is 4.39 Å². The van der Waals surface area contributed by atoms with E-state index in [-0.39, 0.29) is 11.5 Å². The predicted octanol–water partition coefficient (Wildman–Crippen LogP) is 3.68. The lowest BCUT2D eigenvalue weighted by Crippen LogP contribution is -2.34. The van der Waals surface area contributed by atoms with Crippen LogP contribution in [0.3, 0.4) is 0 Å². The van der Waals surface area contributed by atoms with Gasteiger partial charge in [-0.05, 0) is 34.5 Å². The first-order valence-electron chi connectivity index (χ1n) is 5.41. The highest BCUT2D eigenvalue weighted by Crippen LogP contribution is 2.20. The molecule has 1 aromatic rings. The van der Waals surface area contributed by atoms with Crippen molar-refractivity contribution in [2.75, 3.05) is 19.0 Å². The standard InChI is InChI=1S/C12H14BrClFNO/c1-2-7-16(8-6-14)12(17)9-4-3-5-10(13)11(9)15/h3-5H,2,6-8H2,1H3. The van der Waals surface area contributed by atoms with Gasteiger partial charge in [0.15, 0.2) is 0 Å². The maximum absolute atomic E-state index is 13.8. The van der Waals surface area contributed by atoms with E-state index in [4.69, 9.17) is 11.6 Å². The molecule has 0 aliphatic carbocycles. The second-order valence-corrected chi connectivity index (χ2v) is 4.81. The van der Waals surface area contributed by atoms with Crippen LogP contribution in [-0.4, -0.2) is 29.8 Å². The van der Waals surface area contributed by atoms with E-state index in [1.54, 1.807) is 17.0 Å². The molecule has 1 amide bonds. The molecule has 0 aliphatic heterocycles. The SMILES string of the molecule is CCCN(CCCl)C(=O)c1cccc(Br)c1F. The Bertz CT molecular complexity index is 394. The summed E-state index contributed by atoms with van der Waals surface area (Å²) in [5.41, 5.74) is 0.0814. The largest absolute Gasteiger partial charge is 0.337 e. The second kappa shape index (κ2) is 6.97. The van der Waals surface area contributed by atoms with Gasteiger partial charge in [-0.25, -0.2) is 4.39 Å². The van der Waals surface area contributed by atoms with E-state index >= 15 is 0 Å². The molecule has 0 N–H and O–H groups in total. The smallest absolute Gasteiger partial charge is 0.256 e. The van der Waals surface area contributed by atoms with Gasteiger partial charge in [-0.2, -0.15) is 0 Å². The number of carbonyl (C=O) groups is 1. The Labute approximate surface area is 114 Å². The first-order chi connectivity index (χ1) is 8.11. The van der Waals surface area contributed by atoms with Gasteiger partial charge in [0.1, 0.15) is 5.82 Å².